The highest BCUT2D eigenvalue weighted by atomic mass is 79.9. The monoisotopic (exact) mass is 417 g/mol. The van der Waals surface area contributed by atoms with E-state index in [1.54, 1.807) is 4.57 Å². The van der Waals surface area contributed by atoms with E-state index in [1.807, 2.05) is 20.8 Å². The Morgan fingerprint density at radius 2 is 2.04 bits per heavy atom. The van der Waals surface area contributed by atoms with Crippen LogP contribution < -0.4 is 5.59 Å². The molecular weight excluding hydrogens is 393 g/mol. The van der Waals surface area contributed by atoms with Gasteiger partial charge in [0.1, 0.15) is 36.9 Å². The molecule has 0 spiro atoms. The van der Waals surface area contributed by atoms with Gasteiger partial charge in [-0.25, -0.2) is 4.98 Å². The van der Waals surface area contributed by atoms with Crippen molar-refractivity contribution in [3.63, 3.8) is 0 Å². The summed E-state index contributed by atoms with van der Waals surface area (Å²) in [5, 5.41) is 0. The lowest BCUT2D eigenvalue weighted by molar-refractivity contribution is 0.0855. The van der Waals surface area contributed by atoms with E-state index >= 15 is 0 Å². The molecule has 0 aliphatic carbocycles. The first-order chi connectivity index (χ1) is 10.4. The molecule has 1 rings (SSSR count). The number of aromatic nitrogens is 2. The zero-order chi connectivity index (χ0) is 17.8. The summed E-state index contributed by atoms with van der Waals surface area (Å²) in [6, 6.07) is 1.09. The van der Waals surface area contributed by atoms with Gasteiger partial charge < -0.3 is 9.29 Å². The van der Waals surface area contributed by atoms with Gasteiger partial charge in [0, 0.05) is 20.3 Å². The summed E-state index contributed by atoms with van der Waals surface area (Å²) in [6.07, 6.45) is 1.49. The molecule has 2 radical (unpaired) electrons. The maximum atomic E-state index is 12.0. The van der Waals surface area contributed by atoms with Crippen molar-refractivity contribution in [1.29, 1.82) is 0 Å². The summed E-state index contributed by atoms with van der Waals surface area (Å²) < 4.78 is 23.9. The minimum Gasteiger partial charge on any atom is -0.591 e. The van der Waals surface area contributed by atoms with E-state index in [1.165, 1.54) is 6.21 Å². The number of halogens is 1. The minimum atomic E-state index is -1.34. The Kier molecular flexibility index (Phi) is 7.59. The van der Waals surface area contributed by atoms with Gasteiger partial charge in [-0.05, 0) is 42.7 Å². The number of ether oxygens (including phenoxy) is 1. The highest BCUT2D eigenvalue weighted by Crippen LogP contribution is 2.17. The Labute approximate surface area is 153 Å². The molecule has 0 saturated carbocycles. The molecule has 1 atom stereocenters. The number of imidazole rings is 1. The summed E-state index contributed by atoms with van der Waals surface area (Å²) in [4.78, 5) is 4.23. The van der Waals surface area contributed by atoms with Crippen LogP contribution in [0.4, 0.5) is 0 Å². The van der Waals surface area contributed by atoms with Gasteiger partial charge in [-0.3, -0.25) is 4.57 Å². The predicted octanol–water partition coefficient (Wildman–Crippen LogP) is 2.63. The molecule has 1 aromatic rings. The van der Waals surface area contributed by atoms with Crippen molar-refractivity contribution >= 4 is 55.0 Å². The van der Waals surface area contributed by atoms with Crippen LogP contribution in [0.2, 0.25) is 25.7 Å². The van der Waals surface area contributed by atoms with E-state index in [2.05, 4.69) is 45.0 Å². The quantitative estimate of drug-likeness (QED) is 0.296. The lowest BCUT2D eigenvalue weighted by Crippen LogP contribution is -2.26. The van der Waals surface area contributed by atoms with E-state index in [0.717, 1.165) is 6.04 Å². The van der Waals surface area contributed by atoms with Crippen molar-refractivity contribution in [2.45, 2.75) is 57.9 Å². The molecule has 0 fully saturated rings. The Morgan fingerprint density at radius 3 is 2.57 bits per heavy atom. The predicted molar refractivity (Wildman–Crippen MR) is 105 cm³/mol. The first-order valence-electron chi connectivity index (χ1n) is 7.47. The smallest absolute Gasteiger partial charge is 0.157 e. The zero-order valence-corrected chi connectivity index (χ0v) is 18.1. The summed E-state index contributed by atoms with van der Waals surface area (Å²) in [7, 11) is 4.72. The van der Waals surface area contributed by atoms with Crippen molar-refractivity contribution < 1.29 is 9.29 Å². The second kappa shape index (κ2) is 8.33. The van der Waals surface area contributed by atoms with Crippen molar-refractivity contribution in [2.24, 2.45) is 4.40 Å². The van der Waals surface area contributed by atoms with Crippen LogP contribution in [0, 0.1) is 0 Å². The van der Waals surface area contributed by atoms with E-state index in [9.17, 15) is 4.55 Å². The van der Waals surface area contributed by atoms with Crippen molar-refractivity contribution in [3.05, 3.63) is 10.4 Å². The molecule has 9 heteroatoms. The number of rotatable bonds is 7. The maximum absolute atomic E-state index is 12.0. The van der Waals surface area contributed by atoms with Gasteiger partial charge in [0.2, 0.25) is 0 Å². The standard InChI is InChI=1S/C14H25BBrN3O2SSi/c1-14(2,3)22(20)17-9-11-18-12(15)13(16)19(11)10-21-7-8-23(4,5)6/h9H,7-8,10H2,1-6H3. The van der Waals surface area contributed by atoms with Gasteiger partial charge in [0.15, 0.2) is 5.82 Å². The summed E-state index contributed by atoms with van der Waals surface area (Å²) in [5.41, 5.74) is 0.363. The highest BCUT2D eigenvalue weighted by Gasteiger charge is 2.26. The molecule has 23 heavy (non-hydrogen) atoms. The van der Waals surface area contributed by atoms with Crippen molar-refractivity contribution in [2.75, 3.05) is 6.61 Å². The Morgan fingerprint density at radius 1 is 1.43 bits per heavy atom. The largest absolute Gasteiger partial charge is 0.591 e. The summed E-state index contributed by atoms with van der Waals surface area (Å²) in [5.74, 6) is 0.528. The van der Waals surface area contributed by atoms with E-state index in [0.29, 0.717) is 29.4 Å². The number of hydrogen-bond donors (Lipinski definition) is 0. The number of hydrogen-bond acceptors (Lipinski definition) is 4. The van der Waals surface area contributed by atoms with Crippen LogP contribution in [0.1, 0.15) is 26.6 Å². The van der Waals surface area contributed by atoms with Crippen LogP contribution in [-0.4, -0.2) is 47.6 Å². The molecule has 1 aromatic heterocycles. The van der Waals surface area contributed by atoms with E-state index in [-0.39, 0.29) is 0 Å². The van der Waals surface area contributed by atoms with E-state index in [4.69, 9.17) is 12.6 Å². The molecule has 0 N–H and O–H groups in total. The molecule has 0 aliphatic heterocycles. The molecule has 0 aromatic carbocycles. The van der Waals surface area contributed by atoms with Crippen LogP contribution in [0.5, 0.6) is 0 Å². The normalized spacial score (nSPS) is 14.6. The molecule has 0 saturated heterocycles. The summed E-state index contributed by atoms with van der Waals surface area (Å²) in [6.45, 7) is 13.6. The average molecular weight is 418 g/mol. The maximum Gasteiger partial charge on any atom is 0.157 e. The molecule has 1 heterocycles. The fourth-order valence-corrected chi connectivity index (χ4v) is 3.11. The molecule has 128 valence electrons. The van der Waals surface area contributed by atoms with Gasteiger partial charge in [-0.15, -0.1) is 0 Å². The third-order valence-electron chi connectivity index (χ3n) is 2.96. The second-order valence-corrected chi connectivity index (χ2v) is 15.8. The Balaban J connectivity index is 2.78. The molecule has 5 nitrogen and oxygen atoms in total. The van der Waals surface area contributed by atoms with Crippen molar-refractivity contribution in [1.82, 2.24) is 9.55 Å². The molecule has 1 unspecified atom stereocenters. The van der Waals surface area contributed by atoms with Crippen LogP contribution >= 0.6 is 15.9 Å². The third-order valence-corrected chi connectivity index (χ3v) is 6.85. The van der Waals surface area contributed by atoms with Gasteiger partial charge in [-0.2, -0.15) is 0 Å². The highest BCUT2D eigenvalue weighted by molar-refractivity contribution is 9.10. The molecular formula is C14H25BBrN3O2SSi. The van der Waals surface area contributed by atoms with Crippen molar-refractivity contribution in [3.8, 4) is 0 Å². The minimum absolute atomic E-state index is 0.332. The topological polar surface area (TPSA) is 62.5 Å². The third kappa shape index (κ3) is 7.13. The molecule has 0 amide bonds. The molecule has 0 bridgehead atoms. The van der Waals surface area contributed by atoms with Crippen LogP contribution in [-0.2, 0) is 22.8 Å². The van der Waals surface area contributed by atoms with E-state index < -0.39 is 24.2 Å². The van der Waals surface area contributed by atoms with Crippen LogP contribution in [0.3, 0.4) is 0 Å². The lowest BCUT2D eigenvalue weighted by atomic mass is 10.1. The van der Waals surface area contributed by atoms with Crippen LogP contribution in [0.15, 0.2) is 9.00 Å². The fourth-order valence-electron chi connectivity index (χ4n) is 1.48. The van der Waals surface area contributed by atoms with Gasteiger partial charge in [0.05, 0.1) is 4.60 Å². The SMILES string of the molecule is [B]c1nc(C=N[S+]([O-])C(C)(C)C)n(COCC[Si](C)(C)C)c1Br. The molecule has 0 aliphatic rings. The number of nitrogens with zero attached hydrogens (tertiary/aromatic N) is 3. The first kappa shape index (κ1) is 21.0. The average Bonchev–Trinajstić information content (AvgIpc) is 2.65. The van der Waals surface area contributed by atoms with Gasteiger partial charge >= 0.3 is 0 Å². The Bertz CT molecular complexity index is 555. The lowest BCUT2D eigenvalue weighted by Gasteiger charge is -2.18. The van der Waals surface area contributed by atoms with Gasteiger partial charge in [0.25, 0.3) is 0 Å². The first-order valence-corrected chi connectivity index (χ1v) is 13.1. The Hall–Kier alpha value is -0.0882. The zero-order valence-electron chi connectivity index (χ0n) is 14.7. The van der Waals surface area contributed by atoms with Gasteiger partial charge in [-0.1, -0.05) is 24.0 Å². The second-order valence-electron chi connectivity index (χ2n) is 7.52. The van der Waals surface area contributed by atoms with Crippen LogP contribution in [0.25, 0.3) is 0 Å². The fraction of sp³-hybridized carbons (Fsp3) is 0.714. The summed E-state index contributed by atoms with van der Waals surface area (Å²) >= 11 is 2.07.